The molecule has 20 heavy (non-hydrogen) atoms. The van der Waals surface area contributed by atoms with Gasteiger partial charge in [-0.05, 0) is 47.5 Å². The van der Waals surface area contributed by atoms with Crippen molar-refractivity contribution >= 4 is 6.08 Å². The Hall–Kier alpha value is -2.37. The maximum absolute atomic E-state index is 5.15. The van der Waals surface area contributed by atoms with Crippen LogP contribution in [0.25, 0.3) is 11.8 Å². The zero-order valence-electron chi connectivity index (χ0n) is 11.4. The summed E-state index contributed by atoms with van der Waals surface area (Å²) in [4.78, 5) is 2.28. The van der Waals surface area contributed by atoms with E-state index in [0.29, 0.717) is 0 Å². The van der Waals surface area contributed by atoms with Gasteiger partial charge in [-0.15, -0.1) is 5.10 Å². The first-order valence-electron chi connectivity index (χ1n) is 6.72. The van der Waals surface area contributed by atoms with Crippen LogP contribution in [0.3, 0.4) is 0 Å². The lowest BCUT2D eigenvalue weighted by atomic mass is 10.3. The van der Waals surface area contributed by atoms with Gasteiger partial charge < -0.3 is 9.64 Å². The van der Waals surface area contributed by atoms with Crippen LogP contribution in [-0.4, -0.2) is 45.3 Å². The van der Waals surface area contributed by atoms with Crippen molar-refractivity contribution in [1.29, 1.82) is 0 Å². The van der Waals surface area contributed by atoms with Gasteiger partial charge in [0.25, 0.3) is 0 Å². The molecule has 0 N–H and O–H groups in total. The molecule has 0 atom stereocenters. The molecule has 3 rings (SSSR count). The van der Waals surface area contributed by atoms with E-state index in [-0.39, 0.29) is 0 Å². The van der Waals surface area contributed by atoms with Crippen LogP contribution in [0.4, 0.5) is 0 Å². The van der Waals surface area contributed by atoms with Gasteiger partial charge in [-0.2, -0.15) is 4.68 Å². The average molecular weight is 271 g/mol. The number of tetrazole rings is 1. The van der Waals surface area contributed by atoms with Crippen LogP contribution >= 0.6 is 0 Å². The van der Waals surface area contributed by atoms with E-state index in [9.17, 15) is 0 Å². The maximum Gasteiger partial charge on any atom is 0.181 e. The highest BCUT2D eigenvalue weighted by Crippen LogP contribution is 2.15. The molecular formula is C14H17N5O. The molecule has 0 amide bonds. The minimum atomic E-state index is 0.724. The molecule has 1 aromatic heterocycles. The molecule has 0 bridgehead atoms. The molecule has 0 saturated carbocycles. The van der Waals surface area contributed by atoms with Crippen molar-refractivity contribution < 1.29 is 4.74 Å². The highest BCUT2D eigenvalue weighted by Gasteiger charge is 2.09. The van der Waals surface area contributed by atoms with Gasteiger partial charge in [-0.25, -0.2) is 0 Å². The van der Waals surface area contributed by atoms with E-state index in [1.165, 1.54) is 12.8 Å². The highest BCUT2D eigenvalue weighted by molar-refractivity contribution is 5.45. The van der Waals surface area contributed by atoms with Crippen LogP contribution in [0.5, 0.6) is 5.75 Å². The Bertz CT molecular complexity index is 584. The van der Waals surface area contributed by atoms with E-state index in [4.69, 9.17) is 4.74 Å². The topological polar surface area (TPSA) is 56.1 Å². The van der Waals surface area contributed by atoms with Crippen LogP contribution in [0, 0.1) is 0 Å². The van der Waals surface area contributed by atoms with E-state index in [2.05, 4.69) is 26.6 Å². The fraction of sp³-hybridized carbons (Fsp3) is 0.357. The van der Waals surface area contributed by atoms with E-state index in [0.717, 1.165) is 30.4 Å². The number of rotatable bonds is 4. The lowest BCUT2D eigenvalue weighted by Crippen LogP contribution is -2.10. The molecule has 0 unspecified atom stereocenters. The Morgan fingerprint density at radius 1 is 1.15 bits per heavy atom. The molecule has 1 fully saturated rings. The Morgan fingerprint density at radius 2 is 1.90 bits per heavy atom. The van der Waals surface area contributed by atoms with Crippen molar-refractivity contribution in [3.05, 3.63) is 36.3 Å². The standard InChI is InChI=1S/C14H17N5O/c1-20-13-6-4-12(5-7-13)19-14(15-16-17-19)8-11-18-9-2-3-10-18/h4-8,11H,2-3,9-10H2,1H3. The summed E-state index contributed by atoms with van der Waals surface area (Å²) in [6.07, 6.45) is 6.54. The highest BCUT2D eigenvalue weighted by atomic mass is 16.5. The summed E-state index contributed by atoms with van der Waals surface area (Å²) < 4.78 is 6.86. The quantitative estimate of drug-likeness (QED) is 0.847. The molecule has 0 radical (unpaired) electrons. The van der Waals surface area contributed by atoms with Gasteiger partial charge in [0.05, 0.1) is 12.8 Å². The molecule has 1 saturated heterocycles. The van der Waals surface area contributed by atoms with Crippen molar-refractivity contribution in [3.63, 3.8) is 0 Å². The zero-order chi connectivity index (χ0) is 13.8. The third kappa shape index (κ3) is 2.64. The molecule has 2 heterocycles. The van der Waals surface area contributed by atoms with E-state index in [1.54, 1.807) is 11.8 Å². The molecule has 2 aromatic rings. The van der Waals surface area contributed by atoms with Crippen LogP contribution in [0.15, 0.2) is 30.5 Å². The van der Waals surface area contributed by atoms with Crippen molar-refractivity contribution in [2.75, 3.05) is 20.2 Å². The molecular weight excluding hydrogens is 254 g/mol. The summed E-state index contributed by atoms with van der Waals surface area (Å²) >= 11 is 0. The number of benzene rings is 1. The van der Waals surface area contributed by atoms with Gasteiger partial charge in [0.2, 0.25) is 0 Å². The zero-order valence-corrected chi connectivity index (χ0v) is 11.4. The van der Waals surface area contributed by atoms with Gasteiger partial charge in [-0.3, -0.25) is 0 Å². The summed E-state index contributed by atoms with van der Waals surface area (Å²) in [6, 6.07) is 7.65. The van der Waals surface area contributed by atoms with E-state index in [1.807, 2.05) is 30.3 Å². The van der Waals surface area contributed by atoms with E-state index < -0.39 is 0 Å². The lowest BCUT2D eigenvalue weighted by Gasteiger charge is -2.09. The van der Waals surface area contributed by atoms with Crippen molar-refractivity contribution in [2.24, 2.45) is 0 Å². The van der Waals surface area contributed by atoms with Crippen molar-refractivity contribution in [2.45, 2.75) is 12.8 Å². The molecule has 1 aliphatic heterocycles. The number of hydrogen-bond acceptors (Lipinski definition) is 5. The predicted octanol–water partition coefficient (Wildman–Crippen LogP) is 1.74. The first-order valence-corrected chi connectivity index (χ1v) is 6.72. The van der Waals surface area contributed by atoms with E-state index >= 15 is 0 Å². The lowest BCUT2D eigenvalue weighted by molar-refractivity contribution is 0.414. The van der Waals surface area contributed by atoms with Gasteiger partial charge in [0.15, 0.2) is 5.82 Å². The molecule has 1 aromatic carbocycles. The van der Waals surface area contributed by atoms with Gasteiger partial charge >= 0.3 is 0 Å². The smallest absolute Gasteiger partial charge is 0.181 e. The third-order valence-corrected chi connectivity index (χ3v) is 3.39. The number of aromatic nitrogens is 4. The number of methoxy groups -OCH3 is 1. The summed E-state index contributed by atoms with van der Waals surface area (Å²) in [7, 11) is 1.65. The third-order valence-electron chi connectivity index (χ3n) is 3.39. The minimum Gasteiger partial charge on any atom is -0.497 e. The molecule has 6 nitrogen and oxygen atoms in total. The molecule has 1 aliphatic rings. The summed E-state index contributed by atoms with van der Waals surface area (Å²) in [5.74, 6) is 1.54. The predicted molar refractivity (Wildman–Crippen MR) is 75.5 cm³/mol. The number of nitrogens with zero attached hydrogens (tertiary/aromatic N) is 5. The fourth-order valence-electron chi connectivity index (χ4n) is 2.27. The molecule has 0 spiro atoms. The van der Waals surface area contributed by atoms with Crippen LogP contribution in [-0.2, 0) is 0 Å². The second-order valence-electron chi connectivity index (χ2n) is 4.71. The second-order valence-corrected chi connectivity index (χ2v) is 4.71. The van der Waals surface area contributed by atoms with Crippen LogP contribution < -0.4 is 4.74 Å². The van der Waals surface area contributed by atoms with Crippen LogP contribution in [0.1, 0.15) is 18.7 Å². The Morgan fingerprint density at radius 3 is 2.60 bits per heavy atom. The molecule has 6 heteroatoms. The van der Waals surface area contributed by atoms with Crippen molar-refractivity contribution in [3.8, 4) is 11.4 Å². The largest absolute Gasteiger partial charge is 0.497 e. The number of likely N-dealkylation sites (tertiary alicyclic amines) is 1. The average Bonchev–Trinajstić information content (AvgIpc) is 3.16. The molecule has 104 valence electrons. The first kappa shape index (κ1) is 12.7. The summed E-state index contributed by atoms with van der Waals surface area (Å²) in [5, 5.41) is 11.8. The monoisotopic (exact) mass is 271 g/mol. The molecule has 0 aliphatic carbocycles. The number of ether oxygens (including phenoxy) is 1. The number of hydrogen-bond donors (Lipinski definition) is 0. The van der Waals surface area contributed by atoms with Gasteiger partial charge in [-0.1, -0.05) is 0 Å². The summed E-state index contributed by atoms with van der Waals surface area (Å²) in [5.41, 5.74) is 0.914. The minimum absolute atomic E-state index is 0.724. The normalized spacial score (nSPS) is 15.2. The van der Waals surface area contributed by atoms with Crippen molar-refractivity contribution in [1.82, 2.24) is 25.1 Å². The Kier molecular flexibility index (Phi) is 3.62. The van der Waals surface area contributed by atoms with Crippen LogP contribution in [0.2, 0.25) is 0 Å². The van der Waals surface area contributed by atoms with Gasteiger partial charge in [0.1, 0.15) is 5.75 Å². The Balaban J connectivity index is 1.81. The Labute approximate surface area is 117 Å². The fourth-order valence-corrected chi connectivity index (χ4v) is 2.27. The second kappa shape index (κ2) is 5.73. The summed E-state index contributed by atoms with van der Waals surface area (Å²) in [6.45, 7) is 2.22. The van der Waals surface area contributed by atoms with Gasteiger partial charge in [0, 0.05) is 25.4 Å². The SMILES string of the molecule is COc1ccc(-n2nnnc2C=CN2CCCC2)cc1. The maximum atomic E-state index is 5.15. The first-order chi connectivity index (χ1) is 9.86.